The molecule has 0 spiro atoms. The summed E-state index contributed by atoms with van der Waals surface area (Å²) in [5.41, 5.74) is 0.529. The number of anilines is 1. The molecule has 4 nitrogen and oxygen atoms in total. The Kier molecular flexibility index (Phi) is 4.06. The van der Waals surface area contributed by atoms with Crippen LogP contribution in [0.2, 0.25) is 5.02 Å². The number of carbonyl (C=O) groups is 1. The van der Waals surface area contributed by atoms with Gasteiger partial charge in [-0.3, -0.25) is 0 Å². The molecule has 0 radical (unpaired) electrons. The van der Waals surface area contributed by atoms with E-state index in [1.807, 2.05) is 0 Å². The molecule has 1 N–H and O–H groups in total. The highest BCUT2D eigenvalue weighted by molar-refractivity contribution is 6.30. The first-order chi connectivity index (χ1) is 9.08. The standard InChI is InChI=1S/C13H11ClFNO3/c1-18-13(17)12-3-2-11(19-12)7-16-10-5-8(14)4-9(15)6-10/h2-6,16H,7H2,1H3. The van der Waals surface area contributed by atoms with Crippen molar-refractivity contribution >= 4 is 23.3 Å². The number of hydrogen-bond acceptors (Lipinski definition) is 4. The second kappa shape index (κ2) is 5.75. The zero-order chi connectivity index (χ0) is 13.8. The fraction of sp³-hybridized carbons (Fsp3) is 0.154. The molecule has 0 bridgehead atoms. The van der Waals surface area contributed by atoms with Gasteiger partial charge in [-0.25, -0.2) is 9.18 Å². The van der Waals surface area contributed by atoms with Crippen LogP contribution in [-0.4, -0.2) is 13.1 Å². The zero-order valence-electron chi connectivity index (χ0n) is 10.1. The Morgan fingerprint density at radius 3 is 2.89 bits per heavy atom. The van der Waals surface area contributed by atoms with Gasteiger partial charge < -0.3 is 14.5 Å². The highest BCUT2D eigenvalue weighted by Crippen LogP contribution is 2.19. The fourth-order valence-corrected chi connectivity index (χ4v) is 1.75. The predicted octanol–water partition coefficient (Wildman–Crippen LogP) is 3.47. The summed E-state index contributed by atoms with van der Waals surface area (Å²) in [6, 6.07) is 7.28. The molecular formula is C13H11ClFNO3. The molecule has 19 heavy (non-hydrogen) atoms. The Bertz CT molecular complexity index is 577. The van der Waals surface area contributed by atoms with Crippen LogP contribution in [0.5, 0.6) is 0 Å². The number of hydrogen-bond donors (Lipinski definition) is 1. The van der Waals surface area contributed by atoms with Crippen LogP contribution in [-0.2, 0) is 11.3 Å². The second-order valence-electron chi connectivity index (χ2n) is 3.77. The van der Waals surface area contributed by atoms with Gasteiger partial charge in [-0.15, -0.1) is 0 Å². The number of carbonyl (C=O) groups excluding carboxylic acids is 1. The average molecular weight is 284 g/mol. The number of halogens is 2. The first-order valence-electron chi connectivity index (χ1n) is 5.45. The average Bonchev–Trinajstić information content (AvgIpc) is 2.83. The molecule has 1 aromatic heterocycles. The van der Waals surface area contributed by atoms with E-state index < -0.39 is 11.8 Å². The number of methoxy groups -OCH3 is 1. The van der Waals surface area contributed by atoms with Crippen LogP contribution in [0.4, 0.5) is 10.1 Å². The molecule has 0 aliphatic rings. The Hall–Kier alpha value is -2.01. The molecule has 2 aromatic rings. The van der Waals surface area contributed by atoms with Gasteiger partial charge in [0.05, 0.1) is 13.7 Å². The zero-order valence-corrected chi connectivity index (χ0v) is 10.8. The number of ether oxygens (including phenoxy) is 1. The van der Waals surface area contributed by atoms with Crippen molar-refractivity contribution in [1.29, 1.82) is 0 Å². The summed E-state index contributed by atoms with van der Waals surface area (Å²) < 4.78 is 22.9. The predicted molar refractivity (Wildman–Crippen MR) is 68.8 cm³/mol. The normalized spacial score (nSPS) is 10.3. The van der Waals surface area contributed by atoms with Crippen LogP contribution < -0.4 is 5.32 Å². The van der Waals surface area contributed by atoms with E-state index in [4.69, 9.17) is 16.0 Å². The van der Waals surface area contributed by atoms with E-state index in [1.165, 1.54) is 25.3 Å². The van der Waals surface area contributed by atoms with Crippen molar-refractivity contribution in [2.45, 2.75) is 6.54 Å². The molecule has 2 rings (SSSR count). The third kappa shape index (κ3) is 3.48. The number of nitrogens with one attached hydrogen (secondary N) is 1. The van der Waals surface area contributed by atoms with Gasteiger partial charge >= 0.3 is 5.97 Å². The van der Waals surface area contributed by atoms with Crippen LogP contribution in [0.15, 0.2) is 34.7 Å². The van der Waals surface area contributed by atoms with Gasteiger partial charge in [0.1, 0.15) is 11.6 Å². The third-order valence-corrected chi connectivity index (χ3v) is 2.60. The van der Waals surface area contributed by atoms with Gasteiger partial charge in [-0.1, -0.05) is 11.6 Å². The van der Waals surface area contributed by atoms with E-state index in [0.29, 0.717) is 23.0 Å². The first-order valence-corrected chi connectivity index (χ1v) is 5.83. The molecule has 6 heteroatoms. The van der Waals surface area contributed by atoms with Crippen molar-refractivity contribution in [3.05, 3.63) is 52.7 Å². The van der Waals surface area contributed by atoms with E-state index in [9.17, 15) is 9.18 Å². The summed E-state index contributed by atoms with van der Waals surface area (Å²) in [7, 11) is 1.28. The van der Waals surface area contributed by atoms with Crippen molar-refractivity contribution in [3.8, 4) is 0 Å². The van der Waals surface area contributed by atoms with E-state index in [-0.39, 0.29) is 5.76 Å². The highest BCUT2D eigenvalue weighted by Gasteiger charge is 2.10. The molecule has 0 amide bonds. The summed E-state index contributed by atoms with van der Waals surface area (Å²) in [6.07, 6.45) is 0. The summed E-state index contributed by atoms with van der Waals surface area (Å²) in [5, 5.41) is 3.25. The lowest BCUT2D eigenvalue weighted by molar-refractivity contribution is 0.0563. The number of furan rings is 1. The van der Waals surface area contributed by atoms with Crippen LogP contribution >= 0.6 is 11.6 Å². The minimum atomic E-state index is -0.542. The quantitative estimate of drug-likeness (QED) is 0.873. The summed E-state index contributed by atoms with van der Waals surface area (Å²) in [6.45, 7) is 0.302. The minimum absolute atomic E-state index is 0.122. The minimum Gasteiger partial charge on any atom is -0.463 e. The molecule has 0 aliphatic carbocycles. The maximum atomic E-state index is 13.1. The lowest BCUT2D eigenvalue weighted by Crippen LogP contribution is -2.00. The van der Waals surface area contributed by atoms with Crippen molar-refractivity contribution in [3.63, 3.8) is 0 Å². The Labute approximate surface area is 114 Å². The van der Waals surface area contributed by atoms with Gasteiger partial charge in [0.2, 0.25) is 5.76 Å². The van der Waals surface area contributed by atoms with Gasteiger partial charge in [0.15, 0.2) is 0 Å². The van der Waals surface area contributed by atoms with E-state index in [2.05, 4.69) is 10.1 Å². The molecule has 1 heterocycles. The Morgan fingerprint density at radius 2 is 2.21 bits per heavy atom. The molecule has 0 atom stereocenters. The topological polar surface area (TPSA) is 51.5 Å². The number of esters is 1. The van der Waals surface area contributed by atoms with Gasteiger partial charge in [-0.05, 0) is 30.3 Å². The molecule has 0 saturated heterocycles. The third-order valence-electron chi connectivity index (χ3n) is 2.38. The smallest absolute Gasteiger partial charge is 0.373 e. The van der Waals surface area contributed by atoms with Crippen LogP contribution in [0.3, 0.4) is 0 Å². The molecule has 0 saturated carbocycles. The fourth-order valence-electron chi connectivity index (χ4n) is 1.53. The van der Waals surface area contributed by atoms with Crippen molar-refractivity contribution < 1.29 is 18.3 Å². The molecule has 0 unspecified atom stereocenters. The Morgan fingerprint density at radius 1 is 1.42 bits per heavy atom. The first kappa shape index (κ1) is 13.4. The summed E-state index contributed by atoms with van der Waals surface area (Å²) in [5.74, 6) is -0.317. The molecule has 1 aromatic carbocycles. The highest BCUT2D eigenvalue weighted by atomic mass is 35.5. The molecule has 0 fully saturated rings. The largest absolute Gasteiger partial charge is 0.463 e. The van der Waals surface area contributed by atoms with Crippen molar-refractivity contribution in [1.82, 2.24) is 0 Å². The lowest BCUT2D eigenvalue weighted by atomic mass is 10.3. The maximum Gasteiger partial charge on any atom is 0.373 e. The van der Waals surface area contributed by atoms with Crippen LogP contribution in [0.1, 0.15) is 16.3 Å². The van der Waals surface area contributed by atoms with Crippen molar-refractivity contribution in [2.75, 3.05) is 12.4 Å². The van der Waals surface area contributed by atoms with Crippen LogP contribution in [0, 0.1) is 5.82 Å². The molecular weight excluding hydrogens is 273 g/mol. The van der Waals surface area contributed by atoms with Crippen molar-refractivity contribution in [2.24, 2.45) is 0 Å². The summed E-state index contributed by atoms with van der Waals surface area (Å²) in [4.78, 5) is 11.2. The second-order valence-corrected chi connectivity index (χ2v) is 4.21. The number of benzene rings is 1. The van der Waals surface area contributed by atoms with Gasteiger partial charge in [0, 0.05) is 10.7 Å². The van der Waals surface area contributed by atoms with Gasteiger partial charge in [-0.2, -0.15) is 0 Å². The van der Waals surface area contributed by atoms with E-state index in [0.717, 1.165) is 0 Å². The summed E-state index contributed by atoms with van der Waals surface area (Å²) >= 11 is 5.73. The monoisotopic (exact) mass is 283 g/mol. The lowest BCUT2D eigenvalue weighted by Gasteiger charge is -2.05. The van der Waals surface area contributed by atoms with E-state index >= 15 is 0 Å². The molecule has 0 aliphatic heterocycles. The van der Waals surface area contributed by atoms with Gasteiger partial charge in [0.25, 0.3) is 0 Å². The molecule has 100 valence electrons. The number of rotatable bonds is 4. The SMILES string of the molecule is COC(=O)c1ccc(CNc2cc(F)cc(Cl)c2)o1. The Balaban J connectivity index is 2.02. The van der Waals surface area contributed by atoms with Crippen LogP contribution in [0.25, 0.3) is 0 Å². The maximum absolute atomic E-state index is 13.1. The van der Waals surface area contributed by atoms with E-state index in [1.54, 1.807) is 12.1 Å².